The fourth-order valence-electron chi connectivity index (χ4n) is 2.47. The predicted octanol–water partition coefficient (Wildman–Crippen LogP) is 4.56. The summed E-state index contributed by atoms with van der Waals surface area (Å²) in [6.45, 7) is 5.49. The van der Waals surface area contributed by atoms with Gasteiger partial charge in [-0.25, -0.2) is 0 Å². The lowest BCUT2D eigenvalue weighted by atomic mass is 10.0. The van der Waals surface area contributed by atoms with Crippen molar-refractivity contribution in [2.24, 2.45) is 0 Å². The Morgan fingerprint density at radius 2 is 2.05 bits per heavy atom. The second-order valence-electron chi connectivity index (χ2n) is 4.89. The lowest BCUT2D eigenvalue weighted by Gasteiger charge is -2.17. The Morgan fingerprint density at radius 1 is 1.26 bits per heavy atom. The van der Waals surface area contributed by atoms with Crippen LogP contribution in [0.4, 0.5) is 0 Å². The van der Waals surface area contributed by atoms with Crippen molar-refractivity contribution in [1.82, 2.24) is 5.32 Å². The molecule has 0 fully saturated rings. The Balaban J connectivity index is 2.49. The van der Waals surface area contributed by atoms with Crippen LogP contribution >= 0.6 is 15.9 Å². The molecular weight excluding hydrogens is 302 g/mol. The van der Waals surface area contributed by atoms with Crippen LogP contribution in [-0.2, 0) is 6.42 Å². The molecule has 19 heavy (non-hydrogen) atoms. The number of hydrogen-bond acceptors (Lipinski definition) is 2. The van der Waals surface area contributed by atoms with Crippen LogP contribution in [0.2, 0.25) is 0 Å². The molecule has 0 bridgehead atoms. The Hall–Kier alpha value is -0.540. The molecule has 0 aliphatic rings. The van der Waals surface area contributed by atoms with E-state index in [2.05, 4.69) is 41.2 Å². The van der Waals surface area contributed by atoms with Crippen LogP contribution in [0.5, 0.6) is 5.75 Å². The molecule has 3 heteroatoms. The molecule has 0 saturated heterocycles. The van der Waals surface area contributed by atoms with E-state index in [1.165, 1.54) is 31.2 Å². The molecule has 1 atom stereocenters. The second kappa shape index (κ2) is 9.38. The molecule has 1 N–H and O–H groups in total. The molecule has 1 rings (SSSR count). The first-order chi connectivity index (χ1) is 9.21. The lowest BCUT2D eigenvalue weighted by Crippen LogP contribution is -2.28. The predicted molar refractivity (Wildman–Crippen MR) is 86.0 cm³/mol. The van der Waals surface area contributed by atoms with Crippen LogP contribution in [0.3, 0.4) is 0 Å². The van der Waals surface area contributed by atoms with Crippen molar-refractivity contribution in [3.63, 3.8) is 0 Å². The molecular formula is C16H26BrNO. The normalized spacial score (nSPS) is 12.4. The van der Waals surface area contributed by atoms with Crippen molar-refractivity contribution in [2.45, 2.75) is 52.0 Å². The molecule has 1 aromatic rings. The molecule has 0 spiro atoms. The van der Waals surface area contributed by atoms with Gasteiger partial charge in [0.1, 0.15) is 5.75 Å². The van der Waals surface area contributed by atoms with Gasteiger partial charge >= 0.3 is 0 Å². The Kier molecular flexibility index (Phi) is 8.15. The van der Waals surface area contributed by atoms with E-state index >= 15 is 0 Å². The summed E-state index contributed by atoms with van der Waals surface area (Å²) in [6.07, 6.45) is 6.03. The van der Waals surface area contributed by atoms with E-state index < -0.39 is 0 Å². The zero-order chi connectivity index (χ0) is 14.1. The molecule has 0 aliphatic carbocycles. The van der Waals surface area contributed by atoms with Gasteiger partial charge in [0.15, 0.2) is 0 Å². The summed E-state index contributed by atoms with van der Waals surface area (Å²) >= 11 is 3.53. The van der Waals surface area contributed by atoms with Crippen molar-refractivity contribution in [2.75, 3.05) is 13.7 Å². The summed E-state index contributed by atoms with van der Waals surface area (Å²) in [5.41, 5.74) is 1.30. The summed E-state index contributed by atoms with van der Waals surface area (Å²) in [5.74, 6) is 0.999. The highest BCUT2D eigenvalue weighted by molar-refractivity contribution is 9.10. The third-order valence-corrected chi connectivity index (χ3v) is 3.86. The zero-order valence-corrected chi connectivity index (χ0v) is 13.9. The highest BCUT2D eigenvalue weighted by Crippen LogP contribution is 2.24. The maximum absolute atomic E-state index is 5.42. The van der Waals surface area contributed by atoms with Gasteiger partial charge in [0.05, 0.1) is 7.11 Å². The largest absolute Gasteiger partial charge is 0.496 e. The van der Waals surface area contributed by atoms with Crippen LogP contribution in [0.1, 0.15) is 45.1 Å². The number of nitrogens with one attached hydrogen (secondary N) is 1. The number of halogens is 1. The fourth-order valence-corrected chi connectivity index (χ4v) is 2.88. The molecule has 0 aromatic heterocycles. The maximum Gasteiger partial charge on any atom is 0.122 e. The van der Waals surface area contributed by atoms with E-state index in [0.717, 1.165) is 23.2 Å². The van der Waals surface area contributed by atoms with Crippen molar-refractivity contribution in [3.8, 4) is 5.75 Å². The second-order valence-corrected chi connectivity index (χ2v) is 5.81. The molecule has 2 nitrogen and oxygen atoms in total. The first kappa shape index (κ1) is 16.5. The molecule has 0 heterocycles. The SMILES string of the molecule is CCCC(CCCc1cc(Br)ccc1OC)NCC. The molecule has 0 amide bonds. The molecule has 108 valence electrons. The standard InChI is InChI=1S/C16H26BrNO/c1-4-7-15(18-5-2)9-6-8-13-12-14(17)10-11-16(13)19-3/h10-12,15,18H,4-9H2,1-3H3. The average Bonchev–Trinajstić information content (AvgIpc) is 2.39. The summed E-state index contributed by atoms with van der Waals surface area (Å²) in [7, 11) is 1.74. The van der Waals surface area contributed by atoms with Crippen LogP contribution in [0.25, 0.3) is 0 Å². The number of hydrogen-bond donors (Lipinski definition) is 1. The van der Waals surface area contributed by atoms with E-state index in [9.17, 15) is 0 Å². The van der Waals surface area contributed by atoms with Gasteiger partial charge in [-0.1, -0.05) is 36.2 Å². The molecule has 1 unspecified atom stereocenters. The Morgan fingerprint density at radius 3 is 2.68 bits per heavy atom. The summed E-state index contributed by atoms with van der Waals surface area (Å²) in [4.78, 5) is 0. The summed E-state index contributed by atoms with van der Waals surface area (Å²) in [6, 6.07) is 6.89. The summed E-state index contributed by atoms with van der Waals surface area (Å²) < 4.78 is 6.54. The molecule has 1 aromatic carbocycles. The molecule has 0 radical (unpaired) electrons. The van der Waals surface area contributed by atoms with Gasteiger partial charge < -0.3 is 10.1 Å². The summed E-state index contributed by atoms with van der Waals surface area (Å²) in [5, 5.41) is 3.57. The average molecular weight is 328 g/mol. The van der Waals surface area contributed by atoms with Gasteiger partial charge in [0.2, 0.25) is 0 Å². The van der Waals surface area contributed by atoms with Crippen molar-refractivity contribution < 1.29 is 4.74 Å². The van der Waals surface area contributed by atoms with E-state index in [4.69, 9.17) is 4.74 Å². The first-order valence-corrected chi connectivity index (χ1v) is 8.06. The van der Waals surface area contributed by atoms with Gasteiger partial charge in [-0.2, -0.15) is 0 Å². The Bertz CT molecular complexity index is 362. The third kappa shape index (κ3) is 5.96. The topological polar surface area (TPSA) is 21.3 Å². The van der Waals surface area contributed by atoms with Crippen LogP contribution in [0, 0.1) is 0 Å². The van der Waals surface area contributed by atoms with E-state index in [1.54, 1.807) is 7.11 Å². The minimum absolute atomic E-state index is 0.660. The number of rotatable bonds is 9. The van der Waals surface area contributed by atoms with E-state index in [0.29, 0.717) is 6.04 Å². The smallest absolute Gasteiger partial charge is 0.122 e. The zero-order valence-electron chi connectivity index (χ0n) is 12.3. The van der Waals surface area contributed by atoms with Gasteiger partial charge in [0, 0.05) is 10.5 Å². The van der Waals surface area contributed by atoms with Crippen molar-refractivity contribution >= 4 is 15.9 Å². The van der Waals surface area contributed by atoms with Gasteiger partial charge in [0.25, 0.3) is 0 Å². The fraction of sp³-hybridized carbons (Fsp3) is 0.625. The van der Waals surface area contributed by atoms with Gasteiger partial charge in [-0.15, -0.1) is 0 Å². The number of ether oxygens (including phenoxy) is 1. The van der Waals surface area contributed by atoms with E-state index in [-0.39, 0.29) is 0 Å². The number of aryl methyl sites for hydroxylation is 1. The van der Waals surface area contributed by atoms with Gasteiger partial charge in [-0.3, -0.25) is 0 Å². The first-order valence-electron chi connectivity index (χ1n) is 7.27. The van der Waals surface area contributed by atoms with Crippen LogP contribution < -0.4 is 10.1 Å². The number of methoxy groups -OCH3 is 1. The minimum atomic E-state index is 0.660. The Labute approximate surface area is 126 Å². The van der Waals surface area contributed by atoms with E-state index in [1.807, 2.05) is 12.1 Å². The minimum Gasteiger partial charge on any atom is -0.496 e. The molecule has 0 saturated carbocycles. The third-order valence-electron chi connectivity index (χ3n) is 3.37. The van der Waals surface area contributed by atoms with Crippen molar-refractivity contribution in [3.05, 3.63) is 28.2 Å². The maximum atomic E-state index is 5.42. The molecule has 0 aliphatic heterocycles. The highest BCUT2D eigenvalue weighted by atomic mass is 79.9. The van der Waals surface area contributed by atoms with Crippen LogP contribution in [0.15, 0.2) is 22.7 Å². The lowest BCUT2D eigenvalue weighted by molar-refractivity contribution is 0.406. The number of benzene rings is 1. The monoisotopic (exact) mass is 327 g/mol. The van der Waals surface area contributed by atoms with Crippen molar-refractivity contribution in [1.29, 1.82) is 0 Å². The van der Waals surface area contributed by atoms with Crippen LogP contribution in [-0.4, -0.2) is 19.7 Å². The van der Waals surface area contributed by atoms with Gasteiger partial charge in [-0.05, 0) is 56.0 Å². The quantitative estimate of drug-likeness (QED) is 0.717. The highest BCUT2D eigenvalue weighted by Gasteiger charge is 2.08.